The molecule has 0 radical (unpaired) electrons. The van der Waals surface area contributed by atoms with Crippen molar-refractivity contribution in [2.75, 3.05) is 0 Å². The van der Waals surface area contributed by atoms with Crippen LogP contribution in [0.15, 0.2) is 29.2 Å². The second-order valence-electron chi connectivity index (χ2n) is 5.13. The zero-order valence-corrected chi connectivity index (χ0v) is 11.1. The summed E-state index contributed by atoms with van der Waals surface area (Å²) in [6.45, 7) is 0. The number of hydrogen-bond donors (Lipinski definition) is 1. The van der Waals surface area contributed by atoms with E-state index in [0.717, 1.165) is 25.7 Å². The zero-order chi connectivity index (χ0) is 13.6. The second-order valence-corrected chi connectivity index (χ2v) is 6.97. The fourth-order valence-corrected chi connectivity index (χ4v) is 4.17. The number of hydrogen-bond acceptors (Lipinski definition) is 3. The average Bonchev–Trinajstić information content (AvgIpc) is 3.23. The van der Waals surface area contributed by atoms with Gasteiger partial charge in [0.25, 0.3) is 0 Å². The lowest BCUT2D eigenvalue weighted by Gasteiger charge is -2.21. The Bertz CT molecular complexity index is 588. The van der Waals surface area contributed by atoms with E-state index < -0.39 is 16.0 Å². The molecule has 1 N–H and O–H groups in total. The van der Waals surface area contributed by atoms with Crippen molar-refractivity contribution in [2.24, 2.45) is 0 Å². The van der Waals surface area contributed by atoms with Crippen molar-refractivity contribution in [3.05, 3.63) is 29.8 Å². The van der Waals surface area contributed by atoms with E-state index in [1.54, 1.807) is 4.31 Å². The van der Waals surface area contributed by atoms with Crippen LogP contribution in [0.5, 0.6) is 0 Å². The highest BCUT2D eigenvalue weighted by atomic mass is 32.2. The van der Waals surface area contributed by atoms with Crippen molar-refractivity contribution in [3.63, 3.8) is 0 Å². The third-order valence-corrected chi connectivity index (χ3v) is 5.51. The third-order valence-electron chi connectivity index (χ3n) is 3.49. The molecule has 1 aromatic rings. The van der Waals surface area contributed by atoms with Gasteiger partial charge in [0.05, 0.1) is 10.5 Å². The van der Waals surface area contributed by atoms with Crippen molar-refractivity contribution in [1.29, 1.82) is 0 Å². The first-order chi connectivity index (χ1) is 9.00. The lowest BCUT2D eigenvalue weighted by Crippen LogP contribution is -2.35. The second kappa shape index (κ2) is 4.31. The molecular weight excluding hydrogens is 266 g/mol. The molecule has 102 valence electrons. The summed E-state index contributed by atoms with van der Waals surface area (Å²) in [7, 11) is -3.48. The lowest BCUT2D eigenvalue weighted by molar-refractivity contribution is 0.0696. The summed E-state index contributed by atoms with van der Waals surface area (Å²) < 4.78 is 26.7. The van der Waals surface area contributed by atoms with E-state index in [2.05, 4.69) is 0 Å². The number of sulfonamides is 1. The molecule has 0 bridgehead atoms. The van der Waals surface area contributed by atoms with Gasteiger partial charge in [-0.15, -0.1) is 0 Å². The summed E-state index contributed by atoms with van der Waals surface area (Å²) in [6, 6.07) is 5.75. The smallest absolute Gasteiger partial charge is 0.335 e. The highest BCUT2D eigenvalue weighted by molar-refractivity contribution is 7.89. The summed E-state index contributed by atoms with van der Waals surface area (Å²) in [5, 5.41) is 8.82. The summed E-state index contributed by atoms with van der Waals surface area (Å²) >= 11 is 0. The maximum atomic E-state index is 12.6. The van der Waals surface area contributed by atoms with E-state index in [1.165, 1.54) is 24.3 Å². The quantitative estimate of drug-likeness (QED) is 0.891. The van der Waals surface area contributed by atoms with E-state index >= 15 is 0 Å². The first-order valence-electron chi connectivity index (χ1n) is 6.37. The molecule has 1 aromatic carbocycles. The monoisotopic (exact) mass is 281 g/mol. The Morgan fingerprint density at radius 1 is 1.05 bits per heavy atom. The van der Waals surface area contributed by atoms with Crippen LogP contribution in [0.3, 0.4) is 0 Å². The number of carboxylic acids is 1. The lowest BCUT2D eigenvalue weighted by atomic mass is 10.2. The van der Waals surface area contributed by atoms with Gasteiger partial charge in [-0.05, 0) is 49.9 Å². The molecule has 3 rings (SSSR count). The Kier molecular flexibility index (Phi) is 2.87. The predicted molar refractivity (Wildman–Crippen MR) is 68.5 cm³/mol. The van der Waals surface area contributed by atoms with Crippen LogP contribution < -0.4 is 0 Å². The molecule has 0 aliphatic heterocycles. The summed E-state index contributed by atoms with van der Waals surface area (Å²) in [4.78, 5) is 11.0. The van der Waals surface area contributed by atoms with Crippen LogP contribution in [0.2, 0.25) is 0 Å². The van der Waals surface area contributed by atoms with Gasteiger partial charge in [0, 0.05) is 12.1 Å². The van der Waals surface area contributed by atoms with Gasteiger partial charge in [0.15, 0.2) is 0 Å². The minimum atomic E-state index is -3.48. The van der Waals surface area contributed by atoms with Crippen molar-refractivity contribution in [2.45, 2.75) is 42.7 Å². The maximum Gasteiger partial charge on any atom is 0.335 e. The van der Waals surface area contributed by atoms with Gasteiger partial charge in [-0.1, -0.05) is 0 Å². The molecule has 0 amide bonds. The van der Waals surface area contributed by atoms with Crippen molar-refractivity contribution in [3.8, 4) is 0 Å². The molecule has 0 aromatic heterocycles. The molecule has 2 aliphatic carbocycles. The van der Waals surface area contributed by atoms with Crippen LogP contribution in [-0.4, -0.2) is 35.9 Å². The van der Waals surface area contributed by atoms with Crippen LogP contribution in [0.4, 0.5) is 0 Å². The van der Waals surface area contributed by atoms with E-state index in [4.69, 9.17) is 5.11 Å². The van der Waals surface area contributed by atoms with Crippen LogP contribution in [0.1, 0.15) is 36.0 Å². The van der Waals surface area contributed by atoms with Crippen LogP contribution >= 0.6 is 0 Å². The maximum absolute atomic E-state index is 12.6. The first-order valence-corrected chi connectivity index (χ1v) is 7.81. The first kappa shape index (κ1) is 12.6. The number of rotatable bonds is 5. The predicted octanol–water partition coefficient (Wildman–Crippen LogP) is 1.70. The van der Waals surface area contributed by atoms with Gasteiger partial charge in [-0.25, -0.2) is 13.2 Å². The average molecular weight is 281 g/mol. The van der Waals surface area contributed by atoms with Crippen LogP contribution in [0.25, 0.3) is 0 Å². The minimum Gasteiger partial charge on any atom is -0.478 e. The van der Waals surface area contributed by atoms with E-state index in [9.17, 15) is 13.2 Å². The summed E-state index contributed by atoms with van der Waals surface area (Å²) in [6.07, 6.45) is 3.73. The fourth-order valence-electron chi connectivity index (χ4n) is 2.24. The van der Waals surface area contributed by atoms with Gasteiger partial charge >= 0.3 is 5.97 Å². The molecule has 2 saturated carbocycles. The van der Waals surface area contributed by atoms with E-state index in [-0.39, 0.29) is 22.5 Å². The van der Waals surface area contributed by atoms with Crippen molar-refractivity contribution in [1.82, 2.24) is 4.31 Å². The number of aromatic carboxylic acids is 1. The van der Waals surface area contributed by atoms with Crippen molar-refractivity contribution >= 4 is 16.0 Å². The van der Waals surface area contributed by atoms with Gasteiger partial charge < -0.3 is 5.11 Å². The Balaban J connectivity index is 1.92. The normalized spacial score (nSPS) is 19.6. The topological polar surface area (TPSA) is 74.7 Å². The van der Waals surface area contributed by atoms with Gasteiger partial charge in [-0.2, -0.15) is 4.31 Å². The highest BCUT2D eigenvalue weighted by Gasteiger charge is 2.46. The van der Waals surface area contributed by atoms with Crippen LogP contribution in [0, 0.1) is 0 Å². The standard InChI is InChI=1S/C13H15NO4S/c15-13(16)9-1-7-12(8-2-9)19(17,18)14(10-3-4-10)11-5-6-11/h1-2,7-8,10-11H,3-6H2,(H,15,16). The Labute approximate surface area is 111 Å². The Morgan fingerprint density at radius 2 is 1.53 bits per heavy atom. The van der Waals surface area contributed by atoms with E-state index in [1.807, 2.05) is 0 Å². The van der Waals surface area contributed by atoms with Crippen LogP contribution in [-0.2, 0) is 10.0 Å². The molecule has 0 atom stereocenters. The molecule has 2 fully saturated rings. The minimum absolute atomic E-state index is 0.100. The van der Waals surface area contributed by atoms with E-state index in [0.29, 0.717) is 0 Å². The number of carboxylic acid groups (broad SMARTS) is 1. The Morgan fingerprint density at radius 3 is 1.89 bits per heavy atom. The van der Waals surface area contributed by atoms with Gasteiger partial charge in [0.1, 0.15) is 0 Å². The molecule has 0 saturated heterocycles. The molecule has 2 aliphatic rings. The molecule has 19 heavy (non-hydrogen) atoms. The Hall–Kier alpha value is -1.40. The van der Waals surface area contributed by atoms with Gasteiger partial charge in [-0.3, -0.25) is 0 Å². The molecule has 5 nitrogen and oxygen atoms in total. The largest absolute Gasteiger partial charge is 0.478 e. The molecule has 0 unspecified atom stereocenters. The molecular formula is C13H15NO4S. The number of carbonyl (C=O) groups is 1. The summed E-state index contributed by atoms with van der Waals surface area (Å²) in [5.74, 6) is -1.05. The third kappa shape index (κ3) is 2.37. The highest BCUT2D eigenvalue weighted by Crippen LogP contribution is 2.41. The molecule has 0 spiro atoms. The summed E-state index contributed by atoms with van der Waals surface area (Å²) in [5.41, 5.74) is 0.100. The fraction of sp³-hybridized carbons (Fsp3) is 0.462. The zero-order valence-electron chi connectivity index (χ0n) is 10.3. The van der Waals surface area contributed by atoms with Crippen molar-refractivity contribution < 1.29 is 18.3 Å². The van der Waals surface area contributed by atoms with Gasteiger partial charge in [0.2, 0.25) is 10.0 Å². The molecule has 0 heterocycles. The molecule has 6 heteroatoms. The number of nitrogens with zero attached hydrogens (tertiary/aromatic N) is 1. The SMILES string of the molecule is O=C(O)c1ccc(S(=O)(=O)N(C2CC2)C2CC2)cc1. The number of benzene rings is 1.